The number of halogens is 1. The zero-order valence-corrected chi connectivity index (χ0v) is 11.9. The van der Waals surface area contributed by atoms with Crippen molar-refractivity contribution in [2.75, 3.05) is 19.0 Å². The Labute approximate surface area is 107 Å². The highest BCUT2D eigenvalue weighted by Gasteiger charge is 2.07. The van der Waals surface area contributed by atoms with E-state index in [9.17, 15) is 0 Å². The van der Waals surface area contributed by atoms with Crippen molar-refractivity contribution in [3.05, 3.63) is 22.2 Å². The fraction of sp³-hybridized carbons (Fsp3) is 0.538. The van der Waals surface area contributed by atoms with E-state index in [-0.39, 0.29) is 0 Å². The van der Waals surface area contributed by atoms with Crippen LogP contribution in [0.15, 0.2) is 16.6 Å². The molecular weight excluding hydrogens is 266 g/mol. The highest BCUT2D eigenvalue weighted by molar-refractivity contribution is 9.10. The van der Waals surface area contributed by atoms with Gasteiger partial charge in [0.1, 0.15) is 5.75 Å². The molecular formula is C13H20BrNO. The summed E-state index contributed by atoms with van der Waals surface area (Å²) in [4.78, 5) is 0. The molecule has 0 atom stereocenters. The summed E-state index contributed by atoms with van der Waals surface area (Å²) >= 11 is 3.47. The third kappa shape index (κ3) is 3.71. The van der Waals surface area contributed by atoms with Gasteiger partial charge >= 0.3 is 0 Å². The lowest BCUT2D eigenvalue weighted by atomic mass is 10.1. The fourth-order valence-electron chi connectivity index (χ4n) is 1.69. The molecule has 0 bridgehead atoms. The summed E-state index contributed by atoms with van der Waals surface area (Å²) in [6, 6.07) is 4.10. The van der Waals surface area contributed by atoms with Crippen molar-refractivity contribution in [2.45, 2.75) is 33.1 Å². The maximum Gasteiger partial charge on any atom is 0.143 e. The lowest BCUT2D eigenvalue weighted by Gasteiger charge is -2.14. The molecule has 2 nitrogen and oxygen atoms in total. The van der Waals surface area contributed by atoms with E-state index in [1.54, 1.807) is 7.11 Å². The molecule has 0 fully saturated rings. The van der Waals surface area contributed by atoms with Crippen LogP contribution in [0.4, 0.5) is 5.69 Å². The molecule has 0 aliphatic rings. The van der Waals surface area contributed by atoms with Gasteiger partial charge in [0, 0.05) is 11.0 Å². The van der Waals surface area contributed by atoms with Gasteiger partial charge in [-0.2, -0.15) is 0 Å². The van der Waals surface area contributed by atoms with Crippen molar-refractivity contribution in [2.24, 2.45) is 0 Å². The average molecular weight is 286 g/mol. The first-order chi connectivity index (χ1) is 7.69. The predicted octanol–water partition coefficient (Wildman–Crippen LogP) is 4.37. The van der Waals surface area contributed by atoms with Gasteiger partial charge in [0.2, 0.25) is 0 Å². The minimum atomic E-state index is 0.906. The first-order valence-corrected chi connectivity index (χ1v) is 6.56. The summed E-state index contributed by atoms with van der Waals surface area (Å²) in [7, 11) is 1.71. The standard InChI is InChI=1S/C13H20BrNO/c1-4-5-6-7-15-13-10(2)8-11(14)9-12(13)16-3/h8-9,15H,4-7H2,1-3H3. The molecule has 1 rings (SSSR count). The van der Waals surface area contributed by atoms with Gasteiger partial charge in [-0.05, 0) is 31.0 Å². The van der Waals surface area contributed by atoms with Gasteiger partial charge in [-0.1, -0.05) is 35.7 Å². The molecule has 3 heteroatoms. The van der Waals surface area contributed by atoms with Crippen molar-refractivity contribution < 1.29 is 4.74 Å². The second-order valence-corrected chi connectivity index (χ2v) is 4.85. The van der Waals surface area contributed by atoms with Crippen LogP contribution in [0.5, 0.6) is 5.75 Å². The molecule has 0 aromatic heterocycles. The number of anilines is 1. The molecule has 0 radical (unpaired) electrons. The number of aryl methyl sites for hydroxylation is 1. The Hall–Kier alpha value is -0.700. The Bertz CT molecular complexity index is 339. The Kier molecular flexibility index (Phi) is 5.67. The summed E-state index contributed by atoms with van der Waals surface area (Å²) in [5.41, 5.74) is 2.32. The summed E-state index contributed by atoms with van der Waals surface area (Å²) in [6.07, 6.45) is 3.72. The van der Waals surface area contributed by atoms with E-state index in [1.165, 1.54) is 24.8 Å². The quantitative estimate of drug-likeness (QED) is 0.784. The van der Waals surface area contributed by atoms with E-state index >= 15 is 0 Å². The molecule has 16 heavy (non-hydrogen) atoms. The lowest BCUT2D eigenvalue weighted by Crippen LogP contribution is -2.04. The van der Waals surface area contributed by atoms with Gasteiger partial charge < -0.3 is 10.1 Å². The molecule has 1 aromatic rings. The van der Waals surface area contributed by atoms with Crippen LogP contribution < -0.4 is 10.1 Å². The number of methoxy groups -OCH3 is 1. The van der Waals surface area contributed by atoms with E-state index in [0.717, 1.165) is 22.5 Å². The topological polar surface area (TPSA) is 21.3 Å². The van der Waals surface area contributed by atoms with Gasteiger partial charge in [0.05, 0.1) is 12.8 Å². The summed E-state index contributed by atoms with van der Waals surface area (Å²) in [5.74, 6) is 0.906. The molecule has 1 aromatic carbocycles. The minimum absolute atomic E-state index is 0.906. The van der Waals surface area contributed by atoms with Crippen LogP contribution in [0.1, 0.15) is 31.7 Å². The number of nitrogens with one attached hydrogen (secondary N) is 1. The number of unbranched alkanes of at least 4 members (excludes halogenated alkanes) is 2. The second kappa shape index (κ2) is 6.79. The van der Waals surface area contributed by atoms with Crippen LogP contribution in [0, 0.1) is 6.92 Å². The highest BCUT2D eigenvalue weighted by atomic mass is 79.9. The SMILES string of the molecule is CCCCCNc1c(C)cc(Br)cc1OC. The first-order valence-electron chi connectivity index (χ1n) is 5.77. The minimum Gasteiger partial charge on any atom is -0.495 e. The predicted molar refractivity (Wildman–Crippen MR) is 73.4 cm³/mol. The molecule has 1 N–H and O–H groups in total. The first kappa shape index (κ1) is 13.4. The zero-order valence-electron chi connectivity index (χ0n) is 10.3. The molecule has 90 valence electrons. The van der Waals surface area contributed by atoms with Gasteiger partial charge in [-0.15, -0.1) is 0 Å². The van der Waals surface area contributed by atoms with Gasteiger partial charge in [0.15, 0.2) is 0 Å². The number of ether oxygens (including phenoxy) is 1. The van der Waals surface area contributed by atoms with Gasteiger partial charge in [-0.3, -0.25) is 0 Å². The maximum absolute atomic E-state index is 5.37. The molecule has 0 saturated heterocycles. The lowest BCUT2D eigenvalue weighted by molar-refractivity contribution is 0.416. The van der Waals surface area contributed by atoms with E-state index < -0.39 is 0 Å². The van der Waals surface area contributed by atoms with Crippen molar-refractivity contribution in [3.63, 3.8) is 0 Å². The number of rotatable bonds is 6. The zero-order chi connectivity index (χ0) is 12.0. The molecule has 0 amide bonds. The van der Waals surface area contributed by atoms with Gasteiger partial charge in [-0.25, -0.2) is 0 Å². The molecule has 0 heterocycles. The summed E-state index contributed by atoms with van der Waals surface area (Å²) < 4.78 is 6.43. The van der Waals surface area contributed by atoms with Crippen molar-refractivity contribution in [1.29, 1.82) is 0 Å². The smallest absolute Gasteiger partial charge is 0.143 e. The fourth-order valence-corrected chi connectivity index (χ4v) is 2.24. The third-order valence-corrected chi connectivity index (χ3v) is 3.02. The second-order valence-electron chi connectivity index (χ2n) is 3.93. The normalized spacial score (nSPS) is 10.2. The van der Waals surface area contributed by atoms with Crippen LogP contribution in [0.3, 0.4) is 0 Å². The Balaban J connectivity index is 2.70. The number of benzene rings is 1. The van der Waals surface area contributed by atoms with E-state index in [2.05, 4.69) is 41.2 Å². The van der Waals surface area contributed by atoms with Crippen LogP contribution in [0.2, 0.25) is 0 Å². The van der Waals surface area contributed by atoms with Crippen LogP contribution in [0.25, 0.3) is 0 Å². The van der Waals surface area contributed by atoms with E-state index in [0.29, 0.717) is 0 Å². The van der Waals surface area contributed by atoms with Crippen LogP contribution in [-0.2, 0) is 0 Å². The van der Waals surface area contributed by atoms with Gasteiger partial charge in [0.25, 0.3) is 0 Å². The number of hydrogen-bond acceptors (Lipinski definition) is 2. The Morgan fingerprint density at radius 2 is 2.06 bits per heavy atom. The number of hydrogen-bond donors (Lipinski definition) is 1. The van der Waals surface area contributed by atoms with Crippen molar-refractivity contribution >= 4 is 21.6 Å². The average Bonchev–Trinajstić information content (AvgIpc) is 2.26. The monoisotopic (exact) mass is 285 g/mol. The highest BCUT2D eigenvalue weighted by Crippen LogP contribution is 2.31. The van der Waals surface area contributed by atoms with Crippen LogP contribution in [-0.4, -0.2) is 13.7 Å². The Morgan fingerprint density at radius 3 is 2.69 bits per heavy atom. The van der Waals surface area contributed by atoms with Crippen molar-refractivity contribution in [1.82, 2.24) is 0 Å². The van der Waals surface area contributed by atoms with E-state index in [1.807, 2.05) is 6.07 Å². The van der Waals surface area contributed by atoms with Crippen molar-refractivity contribution in [3.8, 4) is 5.75 Å². The van der Waals surface area contributed by atoms with E-state index in [4.69, 9.17) is 4.74 Å². The molecule has 0 aliphatic heterocycles. The molecule has 0 aliphatic carbocycles. The molecule has 0 spiro atoms. The summed E-state index contributed by atoms with van der Waals surface area (Å²) in [6.45, 7) is 5.31. The molecule has 0 unspecified atom stereocenters. The Morgan fingerprint density at radius 1 is 1.31 bits per heavy atom. The summed E-state index contributed by atoms with van der Waals surface area (Å²) in [5, 5.41) is 3.45. The largest absolute Gasteiger partial charge is 0.495 e. The molecule has 0 saturated carbocycles. The maximum atomic E-state index is 5.37. The third-order valence-electron chi connectivity index (χ3n) is 2.57. The van der Waals surface area contributed by atoms with Crippen LogP contribution >= 0.6 is 15.9 Å².